The molecule has 5 unspecified atom stereocenters. The zero-order valence-corrected chi connectivity index (χ0v) is 20.4. The average Bonchev–Trinajstić information content (AvgIpc) is 3.46. The number of hydrogen-bond donors (Lipinski definition) is 1. The number of nitrogens with zero attached hydrogens (tertiary/aromatic N) is 3. The molecule has 2 saturated heterocycles. The van der Waals surface area contributed by atoms with Crippen LogP contribution in [0.3, 0.4) is 0 Å². The van der Waals surface area contributed by atoms with Gasteiger partial charge >= 0.3 is 0 Å². The van der Waals surface area contributed by atoms with Crippen LogP contribution < -0.4 is 4.90 Å². The summed E-state index contributed by atoms with van der Waals surface area (Å²) in [5.74, 6) is 2.36. The fourth-order valence-corrected chi connectivity index (χ4v) is 8.32. The van der Waals surface area contributed by atoms with Crippen LogP contribution in [0.5, 0.6) is 0 Å². The zero-order valence-electron chi connectivity index (χ0n) is 20.4. The molecule has 2 saturated carbocycles. The van der Waals surface area contributed by atoms with Crippen molar-refractivity contribution < 1.29 is 19.1 Å². The molecule has 4 fully saturated rings. The minimum absolute atomic E-state index is 0.0465. The number of para-hydroxylation sites is 2. The van der Waals surface area contributed by atoms with E-state index in [4.69, 9.17) is 14.1 Å². The SMILES string of the molecule is COC1CCC2C(C1)CC1C2C2(CCN(c3nc4ccccc4o3)CC2)CN(C(C)=O)[C@H]1CO. The third-order valence-electron chi connectivity index (χ3n) is 9.81. The molecule has 0 bridgehead atoms. The van der Waals surface area contributed by atoms with Crippen molar-refractivity contribution in [2.24, 2.45) is 29.1 Å². The molecule has 7 nitrogen and oxygen atoms in total. The Balaban J connectivity index is 1.29. The third-order valence-corrected chi connectivity index (χ3v) is 9.81. The van der Waals surface area contributed by atoms with Gasteiger partial charge < -0.3 is 24.1 Å². The van der Waals surface area contributed by atoms with E-state index in [0.29, 0.717) is 35.8 Å². The first-order valence-corrected chi connectivity index (χ1v) is 13.0. The summed E-state index contributed by atoms with van der Waals surface area (Å²) in [6, 6.07) is 8.60. The number of piperidine rings is 2. The molecular formula is C27H37N3O4. The van der Waals surface area contributed by atoms with Crippen LogP contribution in [-0.2, 0) is 9.53 Å². The monoisotopic (exact) mass is 467 g/mol. The molecule has 2 aliphatic carbocycles. The van der Waals surface area contributed by atoms with Crippen LogP contribution in [0.2, 0.25) is 0 Å². The predicted molar refractivity (Wildman–Crippen MR) is 129 cm³/mol. The summed E-state index contributed by atoms with van der Waals surface area (Å²) in [6.45, 7) is 4.30. The Morgan fingerprint density at radius 1 is 1.21 bits per heavy atom. The maximum Gasteiger partial charge on any atom is 0.298 e. The van der Waals surface area contributed by atoms with E-state index in [1.807, 2.05) is 36.3 Å². The number of amides is 1. The number of aliphatic hydroxyl groups is 1. The molecule has 1 amide bonds. The minimum atomic E-state index is -0.0465. The number of carbonyl (C=O) groups is 1. The number of carbonyl (C=O) groups excluding carboxylic acids is 1. The number of rotatable bonds is 3. The summed E-state index contributed by atoms with van der Waals surface area (Å²) >= 11 is 0. The molecular weight excluding hydrogens is 430 g/mol. The summed E-state index contributed by atoms with van der Waals surface area (Å²) in [5, 5.41) is 10.4. The highest BCUT2D eigenvalue weighted by atomic mass is 16.5. The van der Waals surface area contributed by atoms with Crippen molar-refractivity contribution in [1.82, 2.24) is 9.88 Å². The van der Waals surface area contributed by atoms with Crippen LogP contribution in [0.1, 0.15) is 45.4 Å². The number of ether oxygens (including phenoxy) is 1. The first kappa shape index (κ1) is 22.4. The Kier molecular flexibility index (Phi) is 5.60. The van der Waals surface area contributed by atoms with Crippen LogP contribution >= 0.6 is 0 Å². The Morgan fingerprint density at radius 2 is 2.00 bits per heavy atom. The van der Waals surface area contributed by atoms with Crippen molar-refractivity contribution in [3.05, 3.63) is 24.3 Å². The van der Waals surface area contributed by atoms with E-state index in [9.17, 15) is 9.90 Å². The molecule has 34 heavy (non-hydrogen) atoms. The normalized spacial score (nSPS) is 34.9. The standard InChI is InChI=1S/C27H37N3O4/c1-17(32)30-16-27(9-11-29(12-10-27)26-28-22-5-3-4-6-24(22)34-26)25-20-8-7-19(33-2)13-18(20)14-21(25)23(30)15-31/h3-6,18-21,23,25,31H,7-16H2,1-2H3/t18?,19?,20?,21?,23-,25?/m0/s1. The van der Waals surface area contributed by atoms with Gasteiger partial charge in [-0.3, -0.25) is 4.79 Å². The number of likely N-dealkylation sites (tertiary alicyclic amines) is 1. The third kappa shape index (κ3) is 3.46. The Bertz CT molecular complexity index is 1010. The van der Waals surface area contributed by atoms with Gasteiger partial charge in [-0.05, 0) is 79.7 Å². The molecule has 1 spiro atoms. The van der Waals surface area contributed by atoms with Gasteiger partial charge in [-0.25, -0.2) is 0 Å². The van der Waals surface area contributed by atoms with Gasteiger partial charge in [-0.1, -0.05) is 12.1 Å². The van der Waals surface area contributed by atoms with Crippen LogP contribution in [0.4, 0.5) is 6.01 Å². The summed E-state index contributed by atoms with van der Waals surface area (Å²) in [4.78, 5) is 21.8. The number of anilines is 1. The Morgan fingerprint density at radius 3 is 2.71 bits per heavy atom. The second-order valence-corrected chi connectivity index (χ2v) is 11.2. The molecule has 1 aromatic carbocycles. The highest BCUT2D eigenvalue weighted by Gasteiger charge is 2.61. The predicted octanol–water partition coefficient (Wildman–Crippen LogP) is 3.70. The summed E-state index contributed by atoms with van der Waals surface area (Å²) < 4.78 is 11.8. The zero-order chi connectivity index (χ0) is 23.4. The second kappa shape index (κ2) is 8.52. The summed E-state index contributed by atoms with van der Waals surface area (Å²) in [5.41, 5.74) is 1.83. The molecule has 3 heterocycles. The fourth-order valence-electron chi connectivity index (χ4n) is 8.32. The molecule has 0 radical (unpaired) electrons. The lowest BCUT2D eigenvalue weighted by atomic mass is 9.57. The van der Waals surface area contributed by atoms with Crippen LogP contribution in [-0.4, -0.2) is 66.4 Å². The van der Waals surface area contributed by atoms with Crippen molar-refractivity contribution in [2.45, 2.75) is 57.6 Å². The van der Waals surface area contributed by atoms with Crippen molar-refractivity contribution in [3.63, 3.8) is 0 Å². The number of aromatic nitrogens is 1. The van der Waals surface area contributed by atoms with Gasteiger partial charge in [0.05, 0.1) is 18.8 Å². The van der Waals surface area contributed by atoms with Gasteiger partial charge in [-0.15, -0.1) is 0 Å². The maximum atomic E-state index is 12.7. The minimum Gasteiger partial charge on any atom is -0.423 e. The first-order valence-electron chi connectivity index (χ1n) is 13.0. The molecule has 6 atom stereocenters. The smallest absolute Gasteiger partial charge is 0.298 e. The van der Waals surface area contributed by atoms with Gasteiger partial charge in [0.25, 0.3) is 6.01 Å². The summed E-state index contributed by atoms with van der Waals surface area (Å²) in [6.07, 6.45) is 7.00. The fraction of sp³-hybridized carbons (Fsp3) is 0.704. The molecule has 2 aliphatic heterocycles. The van der Waals surface area contributed by atoms with E-state index in [-0.39, 0.29) is 24.0 Å². The highest BCUT2D eigenvalue weighted by Crippen LogP contribution is 2.62. The number of aliphatic hydroxyl groups excluding tert-OH is 1. The number of fused-ring (bicyclic) bond motifs is 5. The number of benzene rings is 1. The largest absolute Gasteiger partial charge is 0.423 e. The summed E-state index contributed by atoms with van der Waals surface area (Å²) in [7, 11) is 1.84. The maximum absolute atomic E-state index is 12.7. The number of oxazole rings is 1. The van der Waals surface area contributed by atoms with Gasteiger partial charge in [0, 0.05) is 33.7 Å². The van der Waals surface area contributed by atoms with Crippen LogP contribution in [0, 0.1) is 29.1 Å². The van der Waals surface area contributed by atoms with E-state index in [1.165, 1.54) is 6.42 Å². The lowest BCUT2D eigenvalue weighted by Gasteiger charge is -2.57. The molecule has 2 aromatic rings. The lowest BCUT2D eigenvalue weighted by Crippen LogP contribution is -2.63. The molecule has 4 aliphatic rings. The Hall–Kier alpha value is -2.12. The van der Waals surface area contributed by atoms with Gasteiger partial charge in [0.1, 0.15) is 5.52 Å². The van der Waals surface area contributed by atoms with Crippen LogP contribution in [0.15, 0.2) is 28.7 Å². The molecule has 6 rings (SSSR count). The van der Waals surface area contributed by atoms with E-state index in [2.05, 4.69) is 4.90 Å². The Labute approximate surface area is 201 Å². The van der Waals surface area contributed by atoms with Crippen molar-refractivity contribution >= 4 is 23.0 Å². The average molecular weight is 468 g/mol. The molecule has 1 N–H and O–H groups in total. The second-order valence-electron chi connectivity index (χ2n) is 11.2. The molecule has 7 heteroatoms. The molecule has 184 valence electrons. The van der Waals surface area contributed by atoms with E-state index < -0.39 is 0 Å². The highest BCUT2D eigenvalue weighted by molar-refractivity contribution is 5.74. The number of hydrogen-bond acceptors (Lipinski definition) is 6. The van der Waals surface area contributed by atoms with Gasteiger partial charge in [0.15, 0.2) is 5.58 Å². The van der Waals surface area contributed by atoms with Crippen LogP contribution in [0.25, 0.3) is 11.1 Å². The van der Waals surface area contributed by atoms with Gasteiger partial charge in [-0.2, -0.15) is 4.98 Å². The number of methoxy groups -OCH3 is 1. The van der Waals surface area contributed by atoms with Gasteiger partial charge in [0.2, 0.25) is 5.91 Å². The van der Waals surface area contributed by atoms with E-state index in [1.54, 1.807) is 6.92 Å². The van der Waals surface area contributed by atoms with Crippen molar-refractivity contribution in [3.8, 4) is 0 Å². The first-order chi connectivity index (χ1) is 16.5. The van der Waals surface area contributed by atoms with E-state index >= 15 is 0 Å². The quantitative estimate of drug-likeness (QED) is 0.742. The van der Waals surface area contributed by atoms with E-state index in [0.717, 1.165) is 62.8 Å². The van der Waals surface area contributed by atoms with Crippen molar-refractivity contribution in [2.75, 3.05) is 38.3 Å². The lowest BCUT2D eigenvalue weighted by molar-refractivity contribution is -0.149. The van der Waals surface area contributed by atoms with Crippen molar-refractivity contribution in [1.29, 1.82) is 0 Å². The topological polar surface area (TPSA) is 79.0 Å². The molecule has 1 aromatic heterocycles.